The van der Waals surface area contributed by atoms with Crippen LogP contribution in [0.3, 0.4) is 0 Å². The minimum Gasteiger partial charge on any atom is -0.383 e. The molecule has 1 aromatic carbocycles. The lowest BCUT2D eigenvalue weighted by atomic mass is 10.0. The molecule has 0 unspecified atom stereocenters. The van der Waals surface area contributed by atoms with Crippen LogP contribution < -0.4 is 0 Å². The van der Waals surface area contributed by atoms with E-state index in [0.717, 1.165) is 12.1 Å². The Morgan fingerprint density at radius 3 is 2.68 bits per heavy atom. The van der Waals surface area contributed by atoms with Crippen molar-refractivity contribution in [2.75, 3.05) is 31.8 Å². The monoisotopic (exact) mass is 379 g/mol. The standard InChI is InChI=1S/C17H24F3NO3S/c1-13(14-5-3-6-15(11-14)17(18,19)20)21(8-9-24-2)16-7-4-10-25(22,23)12-16/h3,5-6,11,13,16H,4,7-10,12H2,1-2H3/t13-,16+/m1/s1. The van der Waals surface area contributed by atoms with E-state index in [1.54, 1.807) is 13.2 Å². The largest absolute Gasteiger partial charge is 0.416 e. The second-order valence-electron chi connectivity index (χ2n) is 6.44. The number of nitrogens with zero attached hydrogens (tertiary/aromatic N) is 1. The average Bonchev–Trinajstić information content (AvgIpc) is 2.53. The minimum atomic E-state index is -4.40. The first-order valence-corrected chi connectivity index (χ1v) is 10.1. The number of alkyl halides is 3. The molecule has 0 aromatic heterocycles. The number of ether oxygens (including phenoxy) is 1. The van der Waals surface area contributed by atoms with Crippen LogP contribution >= 0.6 is 0 Å². The highest BCUT2D eigenvalue weighted by Crippen LogP contribution is 2.33. The molecular formula is C17H24F3NO3S. The number of halogens is 3. The Bertz CT molecular complexity index is 676. The molecule has 0 amide bonds. The molecule has 1 aliphatic heterocycles. The van der Waals surface area contributed by atoms with Crippen molar-refractivity contribution in [3.8, 4) is 0 Å². The van der Waals surface area contributed by atoms with Crippen LogP contribution in [0.1, 0.15) is 36.9 Å². The van der Waals surface area contributed by atoms with E-state index in [0.29, 0.717) is 31.6 Å². The van der Waals surface area contributed by atoms with Gasteiger partial charge in [0.25, 0.3) is 0 Å². The Kier molecular flexibility index (Phi) is 6.51. The molecule has 0 spiro atoms. The Balaban J connectivity index is 2.28. The van der Waals surface area contributed by atoms with Gasteiger partial charge in [-0.15, -0.1) is 0 Å². The summed E-state index contributed by atoms with van der Waals surface area (Å²) in [6, 6.07) is 4.68. The van der Waals surface area contributed by atoms with Gasteiger partial charge < -0.3 is 4.74 Å². The fourth-order valence-corrected chi connectivity index (χ4v) is 5.03. The summed E-state index contributed by atoms with van der Waals surface area (Å²) in [4.78, 5) is 1.95. The molecule has 1 fully saturated rings. The van der Waals surface area contributed by atoms with Crippen molar-refractivity contribution < 1.29 is 26.3 Å². The lowest BCUT2D eigenvalue weighted by Gasteiger charge is -2.38. The highest BCUT2D eigenvalue weighted by molar-refractivity contribution is 7.91. The van der Waals surface area contributed by atoms with Crippen LogP contribution in [0.25, 0.3) is 0 Å². The van der Waals surface area contributed by atoms with Crippen molar-refractivity contribution in [2.45, 2.75) is 38.0 Å². The molecular weight excluding hydrogens is 355 g/mol. The van der Waals surface area contributed by atoms with E-state index in [4.69, 9.17) is 4.74 Å². The van der Waals surface area contributed by atoms with Gasteiger partial charge in [-0.05, 0) is 37.5 Å². The molecule has 1 saturated heterocycles. The SMILES string of the molecule is COCCN([C@H]1CCCS(=O)(=O)C1)[C@H](C)c1cccc(C(F)(F)F)c1. The zero-order valence-electron chi connectivity index (χ0n) is 14.4. The van der Waals surface area contributed by atoms with Crippen molar-refractivity contribution >= 4 is 9.84 Å². The van der Waals surface area contributed by atoms with Crippen LogP contribution in [0, 0.1) is 0 Å². The highest BCUT2D eigenvalue weighted by atomic mass is 32.2. The summed E-state index contributed by atoms with van der Waals surface area (Å²) in [6.07, 6.45) is -3.11. The van der Waals surface area contributed by atoms with Crippen LogP contribution in [0.5, 0.6) is 0 Å². The molecule has 0 saturated carbocycles. The van der Waals surface area contributed by atoms with Crippen molar-refractivity contribution in [3.63, 3.8) is 0 Å². The van der Waals surface area contributed by atoms with Crippen LogP contribution in [0.2, 0.25) is 0 Å². The zero-order chi connectivity index (χ0) is 18.7. The third-order valence-electron chi connectivity index (χ3n) is 4.66. The molecule has 25 heavy (non-hydrogen) atoms. The van der Waals surface area contributed by atoms with Crippen LogP contribution in [0.15, 0.2) is 24.3 Å². The predicted octanol–water partition coefficient (Wildman–Crippen LogP) is 3.29. The number of sulfone groups is 1. The Morgan fingerprint density at radius 2 is 2.08 bits per heavy atom. The van der Waals surface area contributed by atoms with Crippen molar-refractivity contribution in [1.29, 1.82) is 0 Å². The molecule has 0 N–H and O–H groups in total. The summed E-state index contributed by atoms with van der Waals surface area (Å²) < 4.78 is 68.0. The number of hydrogen-bond acceptors (Lipinski definition) is 4. The van der Waals surface area contributed by atoms with E-state index < -0.39 is 21.6 Å². The number of methoxy groups -OCH3 is 1. The summed E-state index contributed by atoms with van der Waals surface area (Å²) in [5.41, 5.74) is -0.172. The average molecular weight is 379 g/mol. The topological polar surface area (TPSA) is 46.6 Å². The first-order valence-electron chi connectivity index (χ1n) is 8.26. The maximum absolute atomic E-state index is 13.0. The zero-order valence-corrected chi connectivity index (χ0v) is 15.2. The van der Waals surface area contributed by atoms with Gasteiger partial charge in [0.1, 0.15) is 0 Å². The van der Waals surface area contributed by atoms with Gasteiger partial charge in [-0.3, -0.25) is 4.90 Å². The minimum absolute atomic E-state index is 0.0417. The summed E-state index contributed by atoms with van der Waals surface area (Å²) in [5, 5.41) is 0. The second-order valence-corrected chi connectivity index (χ2v) is 8.67. The van der Waals surface area contributed by atoms with Gasteiger partial charge in [-0.1, -0.05) is 12.1 Å². The van der Waals surface area contributed by atoms with Gasteiger partial charge >= 0.3 is 6.18 Å². The van der Waals surface area contributed by atoms with Gasteiger partial charge in [0.15, 0.2) is 9.84 Å². The molecule has 1 aliphatic rings. The van der Waals surface area contributed by atoms with Crippen molar-refractivity contribution in [3.05, 3.63) is 35.4 Å². The van der Waals surface area contributed by atoms with Gasteiger partial charge in [0.05, 0.1) is 23.7 Å². The van der Waals surface area contributed by atoms with Gasteiger partial charge in [-0.2, -0.15) is 13.2 Å². The smallest absolute Gasteiger partial charge is 0.383 e. The molecule has 4 nitrogen and oxygen atoms in total. The fourth-order valence-electron chi connectivity index (χ4n) is 3.32. The van der Waals surface area contributed by atoms with Gasteiger partial charge in [0.2, 0.25) is 0 Å². The molecule has 2 rings (SSSR count). The lowest BCUT2D eigenvalue weighted by Crippen LogP contribution is -2.46. The van der Waals surface area contributed by atoms with Crippen LogP contribution in [0.4, 0.5) is 13.2 Å². The number of benzene rings is 1. The Morgan fingerprint density at radius 1 is 1.36 bits per heavy atom. The van der Waals surface area contributed by atoms with Gasteiger partial charge in [0, 0.05) is 25.7 Å². The van der Waals surface area contributed by atoms with E-state index in [1.807, 2.05) is 11.8 Å². The molecule has 1 heterocycles. The number of hydrogen-bond donors (Lipinski definition) is 0. The van der Waals surface area contributed by atoms with Crippen LogP contribution in [-0.4, -0.2) is 51.1 Å². The molecule has 0 bridgehead atoms. The molecule has 0 aliphatic carbocycles. The number of rotatable bonds is 6. The second kappa shape index (κ2) is 8.05. The maximum atomic E-state index is 13.0. The third-order valence-corrected chi connectivity index (χ3v) is 6.46. The summed E-state index contributed by atoms with van der Waals surface area (Å²) in [5.74, 6) is 0.222. The molecule has 1 aromatic rings. The first kappa shape index (κ1) is 20.2. The summed E-state index contributed by atoms with van der Waals surface area (Å²) in [7, 11) is -1.57. The van der Waals surface area contributed by atoms with E-state index >= 15 is 0 Å². The molecule has 142 valence electrons. The van der Waals surface area contributed by atoms with E-state index in [2.05, 4.69) is 0 Å². The summed E-state index contributed by atoms with van der Waals surface area (Å²) >= 11 is 0. The van der Waals surface area contributed by atoms with Gasteiger partial charge in [-0.25, -0.2) is 8.42 Å². The molecule has 0 radical (unpaired) electrons. The fraction of sp³-hybridized carbons (Fsp3) is 0.647. The quantitative estimate of drug-likeness (QED) is 0.761. The van der Waals surface area contributed by atoms with E-state index in [9.17, 15) is 21.6 Å². The predicted molar refractivity (Wildman–Crippen MR) is 90.1 cm³/mol. The molecule has 8 heteroatoms. The summed E-state index contributed by atoms with van der Waals surface area (Å²) in [6.45, 7) is 2.67. The van der Waals surface area contributed by atoms with Crippen molar-refractivity contribution in [2.24, 2.45) is 0 Å². The van der Waals surface area contributed by atoms with E-state index in [-0.39, 0.29) is 23.6 Å². The first-order chi connectivity index (χ1) is 11.6. The van der Waals surface area contributed by atoms with Crippen LogP contribution in [-0.2, 0) is 20.8 Å². The highest BCUT2D eigenvalue weighted by Gasteiger charge is 2.34. The normalized spacial score (nSPS) is 22.1. The Labute approximate surface area is 146 Å². The van der Waals surface area contributed by atoms with Crippen molar-refractivity contribution in [1.82, 2.24) is 4.90 Å². The molecule has 2 atom stereocenters. The maximum Gasteiger partial charge on any atom is 0.416 e. The Hall–Kier alpha value is -1.12. The van der Waals surface area contributed by atoms with E-state index in [1.165, 1.54) is 6.07 Å². The lowest BCUT2D eigenvalue weighted by molar-refractivity contribution is -0.137. The third kappa shape index (κ3) is 5.43.